The summed E-state index contributed by atoms with van der Waals surface area (Å²) in [6.45, 7) is 0. The van der Waals surface area contributed by atoms with E-state index in [1.54, 1.807) is 30.3 Å². The molecule has 0 aliphatic rings. The third-order valence-corrected chi connectivity index (χ3v) is 4.14. The Morgan fingerprint density at radius 3 is 2.20 bits per heavy atom. The van der Waals surface area contributed by atoms with Crippen LogP contribution in [-0.2, 0) is 14.3 Å². The largest absolute Gasteiger partial charge is 0.447 e. The molecule has 25 heavy (non-hydrogen) atoms. The maximum atomic E-state index is 12.3. The summed E-state index contributed by atoms with van der Waals surface area (Å²) in [4.78, 5) is 36.7. The average molecular weight is 358 g/mol. The highest BCUT2D eigenvalue weighted by molar-refractivity contribution is 8.00. The van der Waals surface area contributed by atoms with Gasteiger partial charge < -0.3 is 10.1 Å². The third kappa shape index (κ3) is 5.96. The van der Waals surface area contributed by atoms with Gasteiger partial charge in [0, 0.05) is 17.5 Å². The summed E-state index contributed by atoms with van der Waals surface area (Å²) in [6, 6.07) is 17.3. The van der Waals surface area contributed by atoms with Gasteiger partial charge in [0.05, 0.1) is 5.75 Å². The number of amides is 3. The van der Waals surface area contributed by atoms with Gasteiger partial charge in [-0.2, -0.15) is 0 Å². The van der Waals surface area contributed by atoms with Crippen LogP contribution in [0.2, 0.25) is 0 Å². The molecule has 0 heterocycles. The zero-order chi connectivity index (χ0) is 18.1. The van der Waals surface area contributed by atoms with Crippen LogP contribution in [0.1, 0.15) is 11.7 Å². The normalized spacial score (nSPS) is 11.2. The van der Waals surface area contributed by atoms with E-state index in [2.05, 4.69) is 10.6 Å². The molecule has 0 spiro atoms. The van der Waals surface area contributed by atoms with Crippen molar-refractivity contribution in [1.29, 1.82) is 0 Å². The molecule has 6 nitrogen and oxygen atoms in total. The minimum atomic E-state index is -1.19. The summed E-state index contributed by atoms with van der Waals surface area (Å²) in [5, 5.41) is 4.42. The number of imide groups is 1. The van der Waals surface area contributed by atoms with E-state index in [-0.39, 0.29) is 5.75 Å². The second-order valence-corrected chi connectivity index (χ2v) is 6.00. The zero-order valence-electron chi connectivity index (χ0n) is 13.6. The minimum absolute atomic E-state index is 0.0562. The molecule has 3 amide bonds. The van der Waals surface area contributed by atoms with E-state index in [9.17, 15) is 14.4 Å². The Morgan fingerprint density at radius 1 is 1.00 bits per heavy atom. The number of rotatable bonds is 6. The molecule has 2 N–H and O–H groups in total. The number of ether oxygens (including phenoxy) is 1. The van der Waals surface area contributed by atoms with Crippen molar-refractivity contribution < 1.29 is 19.1 Å². The van der Waals surface area contributed by atoms with Gasteiger partial charge in [-0.15, -0.1) is 11.8 Å². The molecule has 130 valence electrons. The zero-order valence-corrected chi connectivity index (χ0v) is 14.4. The lowest BCUT2D eigenvalue weighted by atomic mass is 10.1. The molecule has 0 aromatic heterocycles. The van der Waals surface area contributed by atoms with Crippen LogP contribution in [0.3, 0.4) is 0 Å². The highest BCUT2D eigenvalue weighted by Gasteiger charge is 2.26. The number of carbonyl (C=O) groups excluding carboxylic acids is 3. The predicted octanol–water partition coefficient (Wildman–Crippen LogP) is 2.52. The van der Waals surface area contributed by atoms with Crippen LogP contribution in [0.4, 0.5) is 4.79 Å². The topological polar surface area (TPSA) is 84.5 Å². The molecule has 2 aromatic rings. The van der Waals surface area contributed by atoms with Gasteiger partial charge in [-0.05, 0) is 12.1 Å². The summed E-state index contributed by atoms with van der Waals surface area (Å²) in [7, 11) is 1.39. The SMILES string of the molecule is CNC(=O)NC(=O)[C@@H](OC(=O)CSc1ccccc1)c1ccccc1. The Balaban J connectivity index is 2.03. The van der Waals surface area contributed by atoms with Crippen LogP contribution < -0.4 is 10.6 Å². The van der Waals surface area contributed by atoms with Crippen molar-refractivity contribution in [2.24, 2.45) is 0 Å². The molecule has 0 unspecified atom stereocenters. The second kappa shape index (κ2) is 9.48. The monoisotopic (exact) mass is 358 g/mol. The molecule has 0 fully saturated rings. The van der Waals surface area contributed by atoms with Gasteiger partial charge in [-0.1, -0.05) is 48.5 Å². The maximum absolute atomic E-state index is 12.3. The fraction of sp³-hybridized carbons (Fsp3) is 0.167. The molecule has 0 saturated heterocycles. The van der Waals surface area contributed by atoms with Crippen molar-refractivity contribution in [1.82, 2.24) is 10.6 Å². The molecule has 2 rings (SSSR count). The smallest absolute Gasteiger partial charge is 0.321 e. The number of nitrogens with one attached hydrogen (secondary N) is 2. The minimum Gasteiger partial charge on any atom is -0.447 e. The van der Waals surface area contributed by atoms with Crippen molar-refractivity contribution in [2.75, 3.05) is 12.8 Å². The standard InChI is InChI=1S/C18H18N2O4S/c1-19-18(23)20-17(22)16(13-8-4-2-5-9-13)24-15(21)12-25-14-10-6-3-7-11-14/h2-11,16H,12H2,1H3,(H2,19,20,22,23)/t16-/m0/s1. The lowest BCUT2D eigenvalue weighted by Gasteiger charge is -2.17. The summed E-state index contributed by atoms with van der Waals surface area (Å²) < 4.78 is 5.31. The van der Waals surface area contributed by atoms with Crippen LogP contribution >= 0.6 is 11.8 Å². The Hall–Kier alpha value is -2.80. The lowest BCUT2D eigenvalue weighted by Crippen LogP contribution is -2.41. The Morgan fingerprint density at radius 2 is 1.60 bits per heavy atom. The first kappa shape index (κ1) is 18.5. The molecule has 1 atom stereocenters. The van der Waals surface area contributed by atoms with Gasteiger partial charge in [0.15, 0.2) is 0 Å². The molecule has 0 bridgehead atoms. The Bertz CT molecular complexity index is 722. The van der Waals surface area contributed by atoms with Gasteiger partial charge in [0.1, 0.15) is 0 Å². The first-order valence-corrected chi connectivity index (χ1v) is 8.53. The lowest BCUT2D eigenvalue weighted by molar-refractivity contribution is -0.153. The molecule has 0 radical (unpaired) electrons. The molecule has 2 aromatic carbocycles. The van der Waals surface area contributed by atoms with E-state index in [1.807, 2.05) is 30.3 Å². The fourth-order valence-corrected chi connectivity index (χ4v) is 2.67. The number of esters is 1. The first-order valence-electron chi connectivity index (χ1n) is 7.55. The quantitative estimate of drug-likeness (QED) is 0.612. The van der Waals surface area contributed by atoms with E-state index in [0.717, 1.165) is 4.90 Å². The molecule has 0 saturated carbocycles. The maximum Gasteiger partial charge on any atom is 0.321 e. The summed E-state index contributed by atoms with van der Waals surface area (Å²) >= 11 is 1.31. The summed E-state index contributed by atoms with van der Waals surface area (Å²) in [6.07, 6.45) is -1.19. The van der Waals surface area contributed by atoms with Crippen LogP contribution in [0.5, 0.6) is 0 Å². The third-order valence-electron chi connectivity index (χ3n) is 3.15. The highest BCUT2D eigenvalue weighted by Crippen LogP contribution is 2.21. The van der Waals surface area contributed by atoms with E-state index in [0.29, 0.717) is 5.56 Å². The number of thioether (sulfide) groups is 1. The Labute approximate surface area is 149 Å². The van der Waals surface area contributed by atoms with E-state index in [4.69, 9.17) is 4.74 Å². The average Bonchev–Trinajstić information content (AvgIpc) is 2.65. The second-order valence-electron chi connectivity index (χ2n) is 4.95. The van der Waals surface area contributed by atoms with E-state index in [1.165, 1.54) is 18.8 Å². The molecular weight excluding hydrogens is 340 g/mol. The van der Waals surface area contributed by atoms with Gasteiger partial charge in [0.2, 0.25) is 6.10 Å². The van der Waals surface area contributed by atoms with E-state index >= 15 is 0 Å². The number of benzene rings is 2. The number of urea groups is 1. The van der Waals surface area contributed by atoms with Gasteiger partial charge >= 0.3 is 12.0 Å². The first-order chi connectivity index (χ1) is 12.1. The fourth-order valence-electron chi connectivity index (χ4n) is 1.97. The van der Waals surface area contributed by atoms with Crippen molar-refractivity contribution in [3.8, 4) is 0 Å². The van der Waals surface area contributed by atoms with Crippen LogP contribution in [0, 0.1) is 0 Å². The van der Waals surface area contributed by atoms with E-state index < -0.39 is 24.0 Å². The molecule has 0 aliphatic heterocycles. The van der Waals surface area contributed by atoms with Crippen molar-refractivity contribution in [3.63, 3.8) is 0 Å². The van der Waals surface area contributed by atoms with Gasteiger partial charge in [0.25, 0.3) is 5.91 Å². The molecule has 7 heteroatoms. The highest BCUT2D eigenvalue weighted by atomic mass is 32.2. The molecular formula is C18H18N2O4S. The van der Waals surface area contributed by atoms with Crippen LogP contribution in [0.15, 0.2) is 65.6 Å². The molecule has 0 aliphatic carbocycles. The van der Waals surface area contributed by atoms with Crippen LogP contribution in [-0.4, -0.2) is 30.7 Å². The number of carbonyl (C=O) groups is 3. The number of hydrogen-bond acceptors (Lipinski definition) is 5. The summed E-state index contributed by atoms with van der Waals surface area (Å²) in [5.41, 5.74) is 0.488. The van der Waals surface area contributed by atoms with Crippen molar-refractivity contribution >= 4 is 29.7 Å². The van der Waals surface area contributed by atoms with Gasteiger partial charge in [-0.3, -0.25) is 14.9 Å². The summed E-state index contributed by atoms with van der Waals surface area (Å²) in [5.74, 6) is -1.20. The van der Waals surface area contributed by atoms with Crippen molar-refractivity contribution in [3.05, 3.63) is 66.2 Å². The van der Waals surface area contributed by atoms with Gasteiger partial charge in [-0.25, -0.2) is 4.79 Å². The number of hydrogen-bond donors (Lipinski definition) is 2. The van der Waals surface area contributed by atoms with Crippen LogP contribution in [0.25, 0.3) is 0 Å². The Kier molecular flexibility index (Phi) is 7.03. The predicted molar refractivity (Wildman–Crippen MR) is 95.0 cm³/mol. The van der Waals surface area contributed by atoms with Crippen molar-refractivity contribution in [2.45, 2.75) is 11.0 Å².